The third kappa shape index (κ3) is 6.23. The maximum atomic E-state index is 11.8. The summed E-state index contributed by atoms with van der Waals surface area (Å²) in [7, 11) is 0. The third-order valence-electron chi connectivity index (χ3n) is 3.38. The van der Waals surface area contributed by atoms with Crippen LogP contribution in [0.25, 0.3) is 0 Å². The van der Waals surface area contributed by atoms with Crippen LogP contribution in [0.5, 0.6) is 5.75 Å². The smallest absolute Gasteiger partial charge is 0.273 e. The quantitative estimate of drug-likeness (QED) is 0.558. The van der Waals surface area contributed by atoms with Gasteiger partial charge in [0.1, 0.15) is 5.75 Å². The summed E-state index contributed by atoms with van der Waals surface area (Å²) >= 11 is 0. The first-order valence-corrected chi connectivity index (χ1v) is 7.88. The monoisotopic (exact) mass is 344 g/mol. The molecule has 0 heterocycles. The molecule has 0 aromatic heterocycles. The molecule has 7 nitrogen and oxygen atoms in total. The van der Waals surface area contributed by atoms with Crippen LogP contribution in [-0.2, 0) is 22.7 Å². The lowest BCUT2D eigenvalue weighted by molar-refractivity contribution is -0.384. The van der Waals surface area contributed by atoms with E-state index in [1.54, 1.807) is 6.07 Å². The lowest BCUT2D eigenvalue weighted by Gasteiger charge is -2.08. The van der Waals surface area contributed by atoms with Crippen molar-refractivity contribution >= 4 is 11.6 Å². The second kappa shape index (κ2) is 9.39. The van der Waals surface area contributed by atoms with Crippen LogP contribution in [0.1, 0.15) is 18.1 Å². The number of carbonyl (C=O) groups is 1. The van der Waals surface area contributed by atoms with Gasteiger partial charge in [0.05, 0.1) is 17.6 Å². The summed E-state index contributed by atoms with van der Waals surface area (Å²) in [6.45, 7) is 3.36. The number of amides is 1. The normalized spacial score (nSPS) is 10.3. The molecule has 7 heteroatoms. The van der Waals surface area contributed by atoms with E-state index >= 15 is 0 Å². The summed E-state index contributed by atoms with van der Waals surface area (Å²) < 4.78 is 10.6. The summed E-state index contributed by atoms with van der Waals surface area (Å²) in [6, 6.07) is 13.5. The van der Waals surface area contributed by atoms with Gasteiger partial charge in [-0.25, -0.2) is 0 Å². The molecule has 2 aromatic carbocycles. The number of nitrogens with one attached hydrogen (secondary N) is 1. The van der Waals surface area contributed by atoms with Crippen molar-refractivity contribution in [2.24, 2.45) is 0 Å². The maximum Gasteiger partial charge on any atom is 0.273 e. The Morgan fingerprint density at radius 2 is 1.88 bits per heavy atom. The summed E-state index contributed by atoms with van der Waals surface area (Å²) in [5.41, 5.74) is 1.96. The molecule has 0 aliphatic carbocycles. The average Bonchev–Trinajstić information content (AvgIpc) is 2.64. The molecule has 0 saturated heterocycles. The summed E-state index contributed by atoms with van der Waals surface area (Å²) in [5, 5.41) is 13.4. The number of hydrogen-bond donors (Lipinski definition) is 1. The van der Waals surface area contributed by atoms with Crippen molar-refractivity contribution in [1.82, 2.24) is 5.32 Å². The van der Waals surface area contributed by atoms with E-state index < -0.39 is 4.92 Å². The molecule has 1 amide bonds. The minimum atomic E-state index is -0.512. The molecule has 0 radical (unpaired) electrons. The highest BCUT2D eigenvalue weighted by atomic mass is 16.6. The van der Waals surface area contributed by atoms with Crippen LogP contribution in [0.4, 0.5) is 5.69 Å². The Hall–Kier alpha value is -2.93. The highest BCUT2D eigenvalue weighted by molar-refractivity contribution is 5.77. The first-order chi connectivity index (χ1) is 12.1. The highest BCUT2D eigenvalue weighted by Gasteiger charge is 2.08. The van der Waals surface area contributed by atoms with Crippen molar-refractivity contribution in [1.29, 1.82) is 0 Å². The van der Waals surface area contributed by atoms with Gasteiger partial charge < -0.3 is 14.8 Å². The van der Waals surface area contributed by atoms with E-state index in [1.807, 2.05) is 31.2 Å². The molecule has 0 saturated carbocycles. The molecule has 2 rings (SSSR count). The van der Waals surface area contributed by atoms with Crippen LogP contribution < -0.4 is 10.1 Å². The van der Waals surface area contributed by atoms with E-state index in [0.717, 1.165) is 11.1 Å². The third-order valence-corrected chi connectivity index (χ3v) is 3.38. The molecule has 0 unspecified atom stereocenters. The van der Waals surface area contributed by atoms with Crippen LogP contribution in [-0.4, -0.2) is 24.0 Å². The fourth-order valence-corrected chi connectivity index (χ4v) is 2.06. The van der Waals surface area contributed by atoms with E-state index in [-0.39, 0.29) is 24.0 Å². The molecule has 132 valence electrons. The second-order valence-corrected chi connectivity index (χ2v) is 5.27. The number of benzene rings is 2. The Morgan fingerprint density at radius 1 is 1.16 bits per heavy atom. The van der Waals surface area contributed by atoms with E-state index in [9.17, 15) is 14.9 Å². The minimum Gasteiger partial charge on any atom is -0.484 e. The zero-order chi connectivity index (χ0) is 18.1. The number of carbonyl (C=O) groups excluding carboxylic acids is 1. The Balaban J connectivity index is 1.77. The molecule has 1 N–H and O–H groups in total. The molecule has 2 aromatic rings. The van der Waals surface area contributed by atoms with Gasteiger partial charge in [0.15, 0.2) is 6.61 Å². The number of hydrogen-bond acceptors (Lipinski definition) is 5. The van der Waals surface area contributed by atoms with Crippen molar-refractivity contribution in [2.75, 3.05) is 13.2 Å². The van der Waals surface area contributed by atoms with Crippen molar-refractivity contribution in [3.63, 3.8) is 0 Å². The second-order valence-electron chi connectivity index (χ2n) is 5.27. The summed E-state index contributed by atoms with van der Waals surface area (Å²) in [6.07, 6.45) is 0. The van der Waals surface area contributed by atoms with Gasteiger partial charge in [-0.3, -0.25) is 14.9 Å². The van der Waals surface area contributed by atoms with Crippen LogP contribution in [0, 0.1) is 10.1 Å². The van der Waals surface area contributed by atoms with Crippen LogP contribution >= 0.6 is 0 Å². The molecule has 0 aliphatic rings. The minimum absolute atomic E-state index is 0.0787. The topological polar surface area (TPSA) is 90.7 Å². The molecule has 0 atom stereocenters. The van der Waals surface area contributed by atoms with Crippen LogP contribution in [0.2, 0.25) is 0 Å². The van der Waals surface area contributed by atoms with E-state index in [1.165, 1.54) is 18.2 Å². The fraction of sp³-hybridized carbons (Fsp3) is 0.278. The summed E-state index contributed by atoms with van der Waals surface area (Å²) in [5.74, 6) is -0.0190. The predicted molar refractivity (Wildman–Crippen MR) is 92.2 cm³/mol. The first kappa shape index (κ1) is 18.4. The molecule has 0 aliphatic heterocycles. The van der Waals surface area contributed by atoms with Gasteiger partial charge >= 0.3 is 0 Å². The van der Waals surface area contributed by atoms with Gasteiger partial charge in [-0.2, -0.15) is 0 Å². The number of rotatable bonds is 9. The van der Waals surface area contributed by atoms with Gasteiger partial charge in [-0.1, -0.05) is 30.3 Å². The highest BCUT2D eigenvalue weighted by Crippen LogP contribution is 2.18. The lowest BCUT2D eigenvalue weighted by atomic mass is 10.1. The van der Waals surface area contributed by atoms with Gasteiger partial charge in [0, 0.05) is 19.2 Å². The Labute approximate surface area is 145 Å². The fourth-order valence-electron chi connectivity index (χ4n) is 2.06. The van der Waals surface area contributed by atoms with Gasteiger partial charge in [-0.05, 0) is 24.1 Å². The standard InChI is InChI=1S/C18H20N2O5/c1-2-24-12-15-8-6-14(7-9-15)11-19-18(21)13-25-17-5-3-4-16(10-17)20(22)23/h3-10H,2,11-13H2,1H3,(H,19,21). The molecule has 0 spiro atoms. The van der Waals surface area contributed by atoms with Crippen molar-refractivity contribution in [3.8, 4) is 5.75 Å². The zero-order valence-corrected chi connectivity index (χ0v) is 13.9. The Kier molecular flexibility index (Phi) is 6.91. The van der Waals surface area contributed by atoms with Gasteiger partial charge in [0.2, 0.25) is 0 Å². The molecule has 0 bridgehead atoms. The molecule has 25 heavy (non-hydrogen) atoms. The number of non-ortho nitro benzene ring substituents is 1. The van der Waals surface area contributed by atoms with Crippen molar-refractivity contribution in [2.45, 2.75) is 20.1 Å². The Morgan fingerprint density at radius 3 is 2.56 bits per heavy atom. The van der Waals surface area contributed by atoms with Crippen LogP contribution in [0.3, 0.4) is 0 Å². The summed E-state index contributed by atoms with van der Waals surface area (Å²) in [4.78, 5) is 22.0. The largest absolute Gasteiger partial charge is 0.484 e. The van der Waals surface area contributed by atoms with E-state index in [2.05, 4.69) is 5.32 Å². The SMILES string of the molecule is CCOCc1ccc(CNC(=O)COc2cccc([N+](=O)[O-])c2)cc1. The average molecular weight is 344 g/mol. The molecule has 0 fully saturated rings. The van der Waals surface area contributed by atoms with E-state index in [4.69, 9.17) is 9.47 Å². The maximum absolute atomic E-state index is 11.8. The van der Waals surface area contributed by atoms with Gasteiger partial charge in [-0.15, -0.1) is 0 Å². The molecular formula is C18H20N2O5. The van der Waals surface area contributed by atoms with Crippen molar-refractivity contribution in [3.05, 3.63) is 69.8 Å². The number of nitrogens with zero attached hydrogens (tertiary/aromatic N) is 1. The number of nitro benzene ring substituents is 1. The van der Waals surface area contributed by atoms with Gasteiger partial charge in [0.25, 0.3) is 11.6 Å². The number of nitro groups is 1. The zero-order valence-electron chi connectivity index (χ0n) is 13.9. The van der Waals surface area contributed by atoms with E-state index in [0.29, 0.717) is 19.8 Å². The first-order valence-electron chi connectivity index (χ1n) is 7.88. The lowest BCUT2D eigenvalue weighted by Crippen LogP contribution is -2.28. The predicted octanol–water partition coefficient (Wildman–Crippen LogP) is 2.83. The Bertz CT molecular complexity index is 716. The van der Waals surface area contributed by atoms with Crippen LogP contribution in [0.15, 0.2) is 48.5 Å². The number of ether oxygens (including phenoxy) is 2. The molecular weight excluding hydrogens is 324 g/mol. The van der Waals surface area contributed by atoms with Crippen molar-refractivity contribution < 1.29 is 19.2 Å².